The summed E-state index contributed by atoms with van der Waals surface area (Å²) in [4.78, 5) is 11.1. The van der Waals surface area contributed by atoms with Gasteiger partial charge in [0.1, 0.15) is 0 Å². The number of methoxy groups -OCH3 is 1. The summed E-state index contributed by atoms with van der Waals surface area (Å²) in [7, 11) is 1.64. The van der Waals surface area contributed by atoms with Gasteiger partial charge in [0.2, 0.25) is 0 Å². The van der Waals surface area contributed by atoms with Crippen molar-refractivity contribution >= 4 is 51.5 Å². The topological polar surface area (TPSA) is 70.4 Å². The molecule has 1 aliphatic carbocycles. The Hall–Kier alpha value is -2.31. The third kappa shape index (κ3) is 6.36. The number of ether oxygens (including phenoxy) is 1. The van der Waals surface area contributed by atoms with Gasteiger partial charge in [-0.25, -0.2) is 4.79 Å². The van der Waals surface area contributed by atoms with Gasteiger partial charge in [-0.3, -0.25) is 5.41 Å². The molecule has 2 aromatic carbocycles. The van der Waals surface area contributed by atoms with Gasteiger partial charge in [-0.05, 0) is 76.8 Å². The fourth-order valence-corrected chi connectivity index (χ4v) is 4.40. The molecule has 0 radical (unpaired) electrons. The first-order valence-corrected chi connectivity index (χ1v) is 11.6. The average molecular weight is 488 g/mol. The van der Waals surface area contributed by atoms with Crippen molar-refractivity contribution in [2.75, 3.05) is 13.7 Å². The van der Waals surface area contributed by atoms with E-state index in [0.717, 1.165) is 40.7 Å². The lowest BCUT2D eigenvalue weighted by Gasteiger charge is -2.20. The van der Waals surface area contributed by atoms with Crippen molar-refractivity contribution < 1.29 is 14.6 Å². The Morgan fingerprint density at radius 2 is 1.91 bits per heavy atom. The van der Waals surface area contributed by atoms with E-state index in [1.807, 2.05) is 41.8 Å². The van der Waals surface area contributed by atoms with Gasteiger partial charge >= 0.3 is 5.97 Å². The molecule has 0 heterocycles. The third-order valence-corrected chi connectivity index (χ3v) is 6.64. The quantitative estimate of drug-likeness (QED) is 0.303. The predicted octanol–water partition coefficient (Wildman–Crippen LogP) is 7.28. The number of nitrogens with one attached hydrogen (secondary N) is 1. The number of hydrogen-bond acceptors (Lipinski definition) is 4. The van der Waals surface area contributed by atoms with Crippen LogP contribution in [0.1, 0.15) is 34.3 Å². The van der Waals surface area contributed by atoms with Crippen molar-refractivity contribution in [2.24, 2.45) is 0 Å². The second-order valence-corrected chi connectivity index (χ2v) is 8.99. The maximum Gasteiger partial charge on any atom is 0.335 e. The lowest BCUT2D eigenvalue weighted by Crippen LogP contribution is -2.08. The van der Waals surface area contributed by atoms with Gasteiger partial charge in [-0.15, -0.1) is 0 Å². The van der Waals surface area contributed by atoms with Crippen molar-refractivity contribution in [1.82, 2.24) is 0 Å². The highest BCUT2D eigenvalue weighted by Gasteiger charge is 2.18. The maximum absolute atomic E-state index is 11.1. The van der Waals surface area contributed by atoms with Crippen LogP contribution in [0.15, 0.2) is 71.2 Å². The summed E-state index contributed by atoms with van der Waals surface area (Å²) in [5.41, 5.74) is 5.41. The zero-order chi connectivity index (χ0) is 23.1. The minimum absolute atomic E-state index is 0.264. The molecule has 166 valence electrons. The Labute approximate surface area is 202 Å². The number of carbonyl (C=O) groups is 1. The van der Waals surface area contributed by atoms with Gasteiger partial charge in [0.25, 0.3) is 0 Å². The van der Waals surface area contributed by atoms with Crippen LogP contribution in [0.2, 0.25) is 10.0 Å². The molecule has 0 amide bonds. The molecule has 0 aromatic heterocycles. The van der Waals surface area contributed by atoms with Crippen LogP contribution < -0.4 is 0 Å². The summed E-state index contributed by atoms with van der Waals surface area (Å²) in [6.45, 7) is 0.435. The molecule has 2 N–H and O–H groups in total. The Bertz CT molecular complexity index is 1100. The highest BCUT2D eigenvalue weighted by Crippen LogP contribution is 2.34. The van der Waals surface area contributed by atoms with E-state index in [4.69, 9.17) is 38.5 Å². The number of halogens is 2. The average Bonchev–Trinajstić information content (AvgIpc) is 2.79. The van der Waals surface area contributed by atoms with Crippen LogP contribution in [0.4, 0.5) is 0 Å². The summed E-state index contributed by atoms with van der Waals surface area (Å²) in [5.74, 6) is -0.939. The summed E-state index contributed by atoms with van der Waals surface area (Å²) in [5, 5.41) is 21.1. The van der Waals surface area contributed by atoms with Crippen LogP contribution in [0.25, 0.3) is 5.57 Å². The fourth-order valence-electron chi connectivity index (χ4n) is 3.44. The molecule has 0 spiro atoms. The summed E-state index contributed by atoms with van der Waals surface area (Å²) >= 11 is 13.4. The van der Waals surface area contributed by atoms with Gasteiger partial charge in [0.15, 0.2) is 0 Å². The highest BCUT2D eigenvalue weighted by atomic mass is 35.5. The second-order valence-electron chi connectivity index (χ2n) is 7.26. The van der Waals surface area contributed by atoms with Crippen LogP contribution >= 0.6 is 35.0 Å². The second kappa shape index (κ2) is 11.5. The number of benzene rings is 2. The summed E-state index contributed by atoms with van der Waals surface area (Å²) in [6, 6.07) is 12.5. The SMILES string of the molecule is COCC1=C(c2ccc(C(=O)O)cc2)CCC(C(=N)SC=CCc2ccc(Cl)c(Cl)c2)=C1. The largest absolute Gasteiger partial charge is 0.478 e. The molecule has 0 fully saturated rings. The molecule has 4 nitrogen and oxygen atoms in total. The maximum atomic E-state index is 11.1. The minimum Gasteiger partial charge on any atom is -0.478 e. The summed E-state index contributed by atoms with van der Waals surface area (Å²) < 4.78 is 5.38. The van der Waals surface area contributed by atoms with Crippen molar-refractivity contribution in [1.29, 1.82) is 5.41 Å². The zero-order valence-corrected chi connectivity index (χ0v) is 19.9. The number of aromatic carboxylic acids is 1. The molecule has 7 heteroatoms. The lowest BCUT2D eigenvalue weighted by atomic mass is 9.88. The van der Waals surface area contributed by atoms with Gasteiger partial charge < -0.3 is 9.84 Å². The molecule has 0 atom stereocenters. The number of hydrogen-bond donors (Lipinski definition) is 2. The first-order chi connectivity index (χ1) is 15.4. The molecule has 1 aliphatic rings. The molecule has 0 unspecified atom stereocenters. The van der Waals surface area contributed by atoms with Crippen molar-refractivity contribution in [3.63, 3.8) is 0 Å². The highest BCUT2D eigenvalue weighted by molar-refractivity contribution is 8.16. The molecule has 0 aliphatic heterocycles. The lowest BCUT2D eigenvalue weighted by molar-refractivity contribution is 0.0697. The molecule has 32 heavy (non-hydrogen) atoms. The molecule has 2 aromatic rings. The number of allylic oxidation sites excluding steroid dienone is 2. The van der Waals surface area contributed by atoms with E-state index >= 15 is 0 Å². The molecular weight excluding hydrogens is 465 g/mol. The number of thioether (sulfide) groups is 1. The van der Waals surface area contributed by atoms with E-state index in [0.29, 0.717) is 28.1 Å². The normalized spacial score (nSPS) is 14.0. The van der Waals surface area contributed by atoms with Crippen molar-refractivity contribution in [3.8, 4) is 0 Å². The summed E-state index contributed by atoms with van der Waals surface area (Å²) in [6.07, 6.45) is 6.25. The predicted molar refractivity (Wildman–Crippen MR) is 134 cm³/mol. The minimum atomic E-state index is -0.939. The van der Waals surface area contributed by atoms with Gasteiger partial charge in [-0.1, -0.05) is 65.3 Å². The van der Waals surface area contributed by atoms with Gasteiger partial charge in [0, 0.05) is 7.11 Å². The molecule has 0 bridgehead atoms. The van der Waals surface area contributed by atoms with Crippen LogP contribution in [-0.4, -0.2) is 29.8 Å². The Kier molecular flexibility index (Phi) is 8.76. The number of rotatable bonds is 8. The first kappa shape index (κ1) is 24.3. The van der Waals surface area contributed by atoms with E-state index in [-0.39, 0.29) is 5.56 Å². The van der Waals surface area contributed by atoms with Crippen LogP contribution in [-0.2, 0) is 11.2 Å². The van der Waals surface area contributed by atoms with Crippen LogP contribution in [0.5, 0.6) is 0 Å². The first-order valence-electron chi connectivity index (χ1n) is 9.98. The zero-order valence-electron chi connectivity index (χ0n) is 17.5. The van der Waals surface area contributed by atoms with E-state index in [1.165, 1.54) is 11.8 Å². The fraction of sp³-hybridized carbons (Fsp3) is 0.200. The number of carboxylic acids is 1. The molecule has 0 saturated carbocycles. The standard InChI is InChI=1S/C25H23Cl2NO3S/c1-31-15-20-14-19(9-10-21(20)17-5-7-18(8-6-17)25(29)30)24(28)32-12-2-3-16-4-11-22(26)23(27)13-16/h2,4-8,11-14,28H,3,9-10,15H2,1H3,(H,29,30). The monoisotopic (exact) mass is 487 g/mol. The van der Waals surface area contributed by atoms with Gasteiger partial charge in [-0.2, -0.15) is 0 Å². The van der Waals surface area contributed by atoms with E-state index in [9.17, 15) is 4.79 Å². The van der Waals surface area contributed by atoms with Gasteiger partial charge in [0.05, 0.1) is 27.3 Å². The van der Waals surface area contributed by atoms with Crippen molar-refractivity contribution in [3.05, 3.63) is 97.9 Å². The van der Waals surface area contributed by atoms with E-state index in [1.54, 1.807) is 25.3 Å². The van der Waals surface area contributed by atoms with Crippen LogP contribution in [0, 0.1) is 5.41 Å². The van der Waals surface area contributed by atoms with E-state index in [2.05, 4.69) is 0 Å². The van der Waals surface area contributed by atoms with E-state index < -0.39 is 5.97 Å². The Morgan fingerprint density at radius 3 is 2.56 bits per heavy atom. The Morgan fingerprint density at radius 1 is 1.16 bits per heavy atom. The number of carboxylic acid groups (broad SMARTS) is 1. The Balaban J connectivity index is 1.69. The smallest absolute Gasteiger partial charge is 0.335 e. The molecular formula is C25H23Cl2NO3S. The van der Waals surface area contributed by atoms with Crippen LogP contribution in [0.3, 0.4) is 0 Å². The van der Waals surface area contributed by atoms with Crippen molar-refractivity contribution in [2.45, 2.75) is 19.3 Å². The molecule has 0 saturated heterocycles. The third-order valence-electron chi connectivity index (χ3n) is 5.07. The molecule has 3 rings (SSSR count).